The Morgan fingerprint density at radius 1 is 0.842 bits per heavy atom. The molecule has 2 N–H and O–H groups in total. The van der Waals surface area contributed by atoms with E-state index in [1.165, 1.54) is 6.07 Å². The van der Waals surface area contributed by atoms with E-state index < -0.39 is 17.7 Å². The Labute approximate surface area is 112 Å². The smallest absolute Gasteiger partial charge is 0.131 e. The molecule has 100 valence electrons. The molecule has 3 heteroatoms. The quantitative estimate of drug-likeness (QED) is 0.870. The number of hydrogen-bond acceptors (Lipinski definition) is 1. The molecule has 1 unspecified atom stereocenters. The van der Waals surface area contributed by atoms with Crippen molar-refractivity contribution in [1.29, 1.82) is 0 Å². The van der Waals surface area contributed by atoms with Gasteiger partial charge in [-0.15, -0.1) is 0 Å². The minimum absolute atomic E-state index is 0.323. The maximum absolute atomic E-state index is 13.8. The van der Waals surface area contributed by atoms with Crippen LogP contribution < -0.4 is 5.73 Å². The van der Waals surface area contributed by atoms with Crippen LogP contribution in [0.2, 0.25) is 0 Å². The van der Waals surface area contributed by atoms with Crippen molar-refractivity contribution in [3.8, 4) is 0 Å². The van der Waals surface area contributed by atoms with E-state index in [1.54, 1.807) is 6.92 Å². The summed E-state index contributed by atoms with van der Waals surface area (Å²) in [5, 5.41) is 0. The monoisotopic (exact) mass is 261 g/mol. The van der Waals surface area contributed by atoms with E-state index in [1.807, 2.05) is 32.0 Å². The van der Waals surface area contributed by atoms with Crippen LogP contribution in [0, 0.1) is 32.4 Å². The number of halogens is 2. The molecule has 0 aliphatic rings. The summed E-state index contributed by atoms with van der Waals surface area (Å²) in [4.78, 5) is 0. The van der Waals surface area contributed by atoms with Gasteiger partial charge >= 0.3 is 0 Å². The highest BCUT2D eigenvalue weighted by Crippen LogP contribution is 2.26. The third-order valence-electron chi connectivity index (χ3n) is 3.22. The second-order valence-corrected chi connectivity index (χ2v) is 5.02. The fourth-order valence-electron chi connectivity index (χ4n) is 2.29. The summed E-state index contributed by atoms with van der Waals surface area (Å²) in [5.41, 5.74) is 9.82. The summed E-state index contributed by atoms with van der Waals surface area (Å²) in [6.07, 6.45) is 0. The van der Waals surface area contributed by atoms with Gasteiger partial charge in [-0.05, 0) is 38.0 Å². The van der Waals surface area contributed by atoms with E-state index in [9.17, 15) is 8.78 Å². The zero-order chi connectivity index (χ0) is 14.2. The van der Waals surface area contributed by atoms with E-state index in [2.05, 4.69) is 0 Å². The van der Waals surface area contributed by atoms with Crippen LogP contribution in [0.1, 0.15) is 33.9 Å². The summed E-state index contributed by atoms with van der Waals surface area (Å²) >= 11 is 0. The summed E-state index contributed by atoms with van der Waals surface area (Å²) in [6.45, 7) is 5.54. The van der Waals surface area contributed by atoms with Crippen molar-refractivity contribution in [3.63, 3.8) is 0 Å². The molecular weight excluding hydrogens is 244 g/mol. The molecule has 0 bridgehead atoms. The van der Waals surface area contributed by atoms with Crippen molar-refractivity contribution in [1.82, 2.24) is 0 Å². The van der Waals surface area contributed by atoms with Crippen molar-refractivity contribution in [2.24, 2.45) is 5.73 Å². The minimum Gasteiger partial charge on any atom is -0.320 e. The first-order valence-electron chi connectivity index (χ1n) is 6.18. The first-order chi connectivity index (χ1) is 8.88. The Bertz CT molecular complexity index is 600. The van der Waals surface area contributed by atoms with Crippen molar-refractivity contribution in [2.45, 2.75) is 26.8 Å². The molecule has 0 radical (unpaired) electrons. The largest absolute Gasteiger partial charge is 0.320 e. The van der Waals surface area contributed by atoms with Crippen LogP contribution in [0.25, 0.3) is 0 Å². The maximum Gasteiger partial charge on any atom is 0.131 e. The normalized spacial score (nSPS) is 12.5. The van der Waals surface area contributed by atoms with Gasteiger partial charge in [0.05, 0.1) is 6.04 Å². The third kappa shape index (κ3) is 2.82. The molecule has 1 nitrogen and oxygen atoms in total. The highest BCUT2D eigenvalue weighted by Gasteiger charge is 2.16. The van der Waals surface area contributed by atoms with Crippen molar-refractivity contribution < 1.29 is 8.78 Å². The van der Waals surface area contributed by atoms with Gasteiger partial charge in [-0.2, -0.15) is 0 Å². The van der Waals surface area contributed by atoms with Crippen LogP contribution in [-0.4, -0.2) is 0 Å². The standard InChI is InChI=1S/C16H17F2N/c1-9-4-10(2)6-12(5-9)16(19)13-7-11(3)14(17)8-15(13)18/h4-8,16H,19H2,1-3H3. The molecule has 0 aromatic heterocycles. The van der Waals surface area contributed by atoms with Crippen LogP contribution in [0.4, 0.5) is 8.78 Å². The Kier molecular flexibility index (Phi) is 3.67. The Morgan fingerprint density at radius 3 is 2.00 bits per heavy atom. The number of hydrogen-bond donors (Lipinski definition) is 1. The second-order valence-electron chi connectivity index (χ2n) is 5.02. The molecule has 0 spiro atoms. The summed E-state index contributed by atoms with van der Waals surface area (Å²) in [7, 11) is 0. The zero-order valence-electron chi connectivity index (χ0n) is 11.3. The topological polar surface area (TPSA) is 26.0 Å². The lowest BCUT2D eigenvalue weighted by Gasteiger charge is -2.16. The lowest BCUT2D eigenvalue weighted by Crippen LogP contribution is -2.14. The van der Waals surface area contributed by atoms with Crippen LogP contribution in [-0.2, 0) is 0 Å². The highest BCUT2D eigenvalue weighted by molar-refractivity contribution is 5.38. The lowest BCUT2D eigenvalue weighted by atomic mass is 9.95. The van der Waals surface area contributed by atoms with Crippen molar-refractivity contribution in [2.75, 3.05) is 0 Å². The van der Waals surface area contributed by atoms with Gasteiger partial charge in [-0.25, -0.2) is 8.78 Å². The molecule has 0 fully saturated rings. The first kappa shape index (κ1) is 13.7. The van der Waals surface area contributed by atoms with Crippen molar-refractivity contribution >= 4 is 0 Å². The SMILES string of the molecule is Cc1cc(C)cc(C(N)c2cc(C)c(F)cc2F)c1. The Hall–Kier alpha value is -1.74. The van der Waals surface area contributed by atoms with Gasteiger partial charge in [0, 0.05) is 11.6 Å². The highest BCUT2D eigenvalue weighted by atomic mass is 19.1. The zero-order valence-corrected chi connectivity index (χ0v) is 11.3. The molecule has 19 heavy (non-hydrogen) atoms. The minimum atomic E-state index is -0.602. The summed E-state index contributed by atoms with van der Waals surface area (Å²) in [5.74, 6) is -1.15. The van der Waals surface area contributed by atoms with E-state index in [0.717, 1.165) is 22.8 Å². The number of benzene rings is 2. The summed E-state index contributed by atoms with van der Waals surface area (Å²) < 4.78 is 27.1. The molecule has 2 aromatic carbocycles. The number of aryl methyl sites for hydroxylation is 3. The molecular formula is C16H17F2N. The number of nitrogens with two attached hydrogens (primary N) is 1. The molecule has 2 rings (SSSR count). The van der Waals surface area contributed by atoms with Crippen LogP contribution in [0.5, 0.6) is 0 Å². The molecule has 0 aliphatic carbocycles. The lowest BCUT2D eigenvalue weighted by molar-refractivity contribution is 0.561. The average molecular weight is 261 g/mol. The Balaban J connectivity index is 2.49. The predicted molar refractivity (Wildman–Crippen MR) is 73.0 cm³/mol. The average Bonchev–Trinajstić information content (AvgIpc) is 2.31. The molecule has 1 atom stereocenters. The van der Waals surface area contributed by atoms with Gasteiger partial charge in [-0.1, -0.05) is 29.3 Å². The van der Waals surface area contributed by atoms with Gasteiger partial charge in [0.25, 0.3) is 0 Å². The van der Waals surface area contributed by atoms with Gasteiger partial charge in [-0.3, -0.25) is 0 Å². The molecule has 0 heterocycles. The second kappa shape index (κ2) is 5.10. The maximum atomic E-state index is 13.8. The van der Waals surface area contributed by atoms with Crippen LogP contribution in [0.15, 0.2) is 30.3 Å². The van der Waals surface area contributed by atoms with Gasteiger partial charge < -0.3 is 5.73 Å². The third-order valence-corrected chi connectivity index (χ3v) is 3.22. The van der Waals surface area contributed by atoms with E-state index in [4.69, 9.17) is 5.73 Å². The van der Waals surface area contributed by atoms with Crippen LogP contribution >= 0.6 is 0 Å². The molecule has 0 saturated carbocycles. The van der Waals surface area contributed by atoms with Crippen molar-refractivity contribution in [3.05, 3.63) is 69.8 Å². The molecule has 0 aliphatic heterocycles. The van der Waals surface area contributed by atoms with E-state index in [-0.39, 0.29) is 0 Å². The number of rotatable bonds is 2. The van der Waals surface area contributed by atoms with Crippen LogP contribution in [0.3, 0.4) is 0 Å². The fraction of sp³-hybridized carbons (Fsp3) is 0.250. The molecule has 0 saturated heterocycles. The predicted octanol–water partition coefficient (Wildman–Crippen LogP) is 3.94. The first-order valence-corrected chi connectivity index (χ1v) is 6.18. The van der Waals surface area contributed by atoms with Gasteiger partial charge in [0.15, 0.2) is 0 Å². The van der Waals surface area contributed by atoms with E-state index >= 15 is 0 Å². The van der Waals surface area contributed by atoms with E-state index in [0.29, 0.717) is 11.1 Å². The fourth-order valence-corrected chi connectivity index (χ4v) is 2.29. The van der Waals surface area contributed by atoms with Gasteiger partial charge in [0.1, 0.15) is 11.6 Å². The Morgan fingerprint density at radius 2 is 1.42 bits per heavy atom. The molecule has 2 aromatic rings. The summed E-state index contributed by atoms with van der Waals surface area (Å²) in [6, 6.07) is 7.67. The molecule has 0 amide bonds. The van der Waals surface area contributed by atoms with Gasteiger partial charge in [0.2, 0.25) is 0 Å².